The third-order valence-corrected chi connectivity index (χ3v) is 21.4. The highest BCUT2D eigenvalue weighted by molar-refractivity contribution is 6.03. The minimum Gasteiger partial charge on any atom is -0.508 e. The summed E-state index contributed by atoms with van der Waals surface area (Å²) >= 11 is 0. The van der Waals surface area contributed by atoms with Crippen LogP contribution in [0.4, 0.5) is 5.69 Å². The predicted octanol–water partition coefficient (Wildman–Crippen LogP) is 9.44. The van der Waals surface area contributed by atoms with Gasteiger partial charge in [0.2, 0.25) is 0 Å². The Morgan fingerprint density at radius 3 is 2.55 bits per heavy atom. The first-order valence-electron chi connectivity index (χ1n) is 26.6. The van der Waals surface area contributed by atoms with E-state index < -0.39 is 28.6 Å². The van der Waals surface area contributed by atoms with E-state index in [9.17, 15) is 15.3 Å². The number of aliphatic hydroxyl groups is 2. The molecule has 0 radical (unpaired) electrons. The predicted molar refractivity (Wildman–Crippen MR) is 262 cm³/mol. The number of anilines is 1. The number of carbonyl (C=O) groups excluding carboxylic acids is 2. The van der Waals surface area contributed by atoms with Crippen LogP contribution in [0.5, 0.6) is 5.75 Å². The maximum Gasteiger partial charge on any atom is 0.163 e. The topological polar surface area (TPSA) is 157 Å². The van der Waals surface area contributed by atoms with Crippen molar-refractivity contribution in [3.8, 4) is 5.75 Å². The first-order valence-corrected chi connectivity index (χ1v) is 26.6. The molecule has 12 rings (SSSR count). The number of carbonyl (C=O) groups is 2. The Kier molecular flexibility index (Phi) is 11.1. The van der Waals surface area contributed by atoms with Gasteiger partial charge in [-0.1, -0.05) is 82.4 Å². The van der Waals surface area contributed by atoms with E-state index in [4.69, 9.17) is 10.5 Å². The van der Waals surface area contributed by atoms with Crippen molar-refractivity contribution in [2.75, 3.05) is 19.3 Å². The second-order valence-corrected chi connectivity index (χ2v) is 24.7. The van der Waals surface area contributed by atoms with Gasteiger partial charge < -0.3 is 36.4 Å². The fourth-order valence-electron chi connectivity index (χ4n) is 18.9. The number of phenols is 1. The Morgan fingerprint density at radius 2 is 1.76 bits per heavy atom. The fourth-order valence-corrected chi connectivity index (χ4v) is 18.9. The van der Waals surface area contributed by atoms with Crippen molar-refractivity contribution in [2.45, 2.75) is 179 Å². The number of ketones is 2. The van der Waals surface area contributed by atoms with Gasteiger partial charge in [0.1, 0.15) is 17.6 Å². The number of rotatable bonds is 9. The average molecular weight is 914 g/mol. The van der Waals surface area contributed by atoms with Crippen LogP contribution in [0.1, 0.15) is 159 Å². The number of aromatic hydroxyl groups is 1. The van der Waals surface area contributed by atoms with Crippen LogP contribution in [0.25, 0.3) is 0 Å². The second kappa shape index (κ2) is 16.1. The lowest BCUT2D eigenvalue weighted by atomic mass is 9.29. The van der Waals surface area contributed by atoms with Crippen LogP contribution < -0.4 is 16.4 Å². The summed E-state index contributed by atoms with van der Waals surface area (Å²) < 4.78 is 6.59. The van der Waals surface area contributed by atoms with Crippen LogP contribution in [0, 0.1) is 57.2 Å². The second-order valence-electron chi connectivity index (χ2n) is 24.7. The Bertz CT molecular complexity index is 2390. The van der Waals surface area contributed by atoms with Gasteiger partial charge >= 0.3 is 0 Å². The van der Waals surface area contributed by atoms with E-state index in [0.717, 1.165) is 106 Å². The van der Waals surface area contributed by atoms with E-state index in [1.165, 1.54) is 11.1 Å². The smallest absolute Gasteiger partial charge is 0.163 e. The number of fused-ring (bicyclic) bond motifs is 2. The molecule has 7 N–H and O–H groups in total. The lowest BCUT2D eigenvalue weighted by Crippen LogP contribution is -2.74. The number of phenolic OH excluding ortho intramolecular Hbond substituents is 1. The number of Topliss-reactive ketones (excluding diaryl/α,β-unsaturated/α-hetero) is 2. The molecule has 2 aromatic carbocycles. The zero-order valence-corrected chi connectivity index (χ0v) is 41.2. The summed E-state index contributed by atoms with van der Waals surface area (Å²) in [7, 11) is 1.92. The zero-order chi connectivity index (χ0) is 47.1. The minimum atomic E-state index is -0.867. The highest BCUT2D eigenvalue weighted by atomic mass is 16.6. The van der Waals surface area contributed by atoms with Crippen LogP contribution in [0.15, 0.2) is 65.8 Å². The van der Waals surface area contributed by atoms with E-state index in [0.29, 0.717) is 49.3 Å². The van der Waals surface area contributed by atoms with E-state index in [1.807, 2.05) is 38.2 Å². The number of nitrogen functional groups attached to an aromatic ring is 1. The Balaban J connectivity index is 0.974. The van der Waals surface area contributed by atoms with Crippen LogP contribution in [0.2, 0.25) is 0 Å². The van der Waals surface area contributed by atoms with Crippen molar-refractivity contribution < 1.29 is 29.6 Å². The molecule has 2 aliphatic heterocycles. The molecular formula is C58H79N3O6. The van der Waals surface area contributed by atoms with E-state index in [2.05, 4.69) is 68.7 Å². The number of benzene rings is 2. The van der Waals surface area contributed by atoms with Crippen molar-refractivity contribution in [3.63, 3.8) is 0 Å². The van der Waals surface area contributed by atoms with E-state index in [1.54, 1.807) is 0 Å². The molecule has 2 saturated heterocycles. The van der Waals surface area contributed by atoms with Crippen LogP contribution >= 0.6 is 0 Å². The molecule has 0 aromatic heterocycles. The van der Waals surface area contributed by atoms with Gasteiger partial charge in [-0.2, -0.15) is 0 Å². The van der Waals surface area contributed by atoms with Crippen molar-refractivity contribution in [3.05, 3.63) is 82.5 Å². The van der Waals surface area contributed by atoms with Gasteiger partial charge in [-0.05, 0) is 184 Å². The van der Waals surface area contributed by atoms with Gasteiger partial charge in [0.05, 0.1) is 23.2 Å². The lowest BCUT2D eigenvalue weighted by molar-refractivity contribution is -0.231. The number of ether oxygens (including phenoxy) is 1. The maximum atomic E-state index is 15.9. The number of hydrogen-bond donors (Lipinski definition) is 6. The lowest BCUT2D eigenvalue weighted by Gasteiger charge is -2.74. The molecule has 67 heavy (non-hydrogen) atoms. The summed E-state index contributed by atoms with van der Waals surface area (Å²) in [6.07, 6.45) is 17.2. The summed E-state index contributed by atoms with van der Waals surface area (Å²) in [4.78, 5) is 31.4. The number of β-amino-alcohol motifs (C(OH)–C–C–N with tert-alkyl or cyclic N) is 1. The number of allylic oxidation sites excluding steroid dienone is 4. The van der Waals surface area contributed by atoms with Crippen LogP contribution in [-0.2, 0) is 20.9 Å². The number of nitrogens with one attached hydrogen (secondary N) is 2. The Labute approximate surface area is 399 Å². The standard InChI is InChI=1S/C58H79N3O6/c1-33(25-45(63)52-56(5,67-52)40-16-10-15-39(40)35-13-9-14-37(59)28-35)47-42-19-20-46-54(3)41-17-11-23-57(51(65)48(41)36-26-34(31-60-6)27-38(62)29-36)22-8-7-21-53(2,66)32-61-44(50(54)57)30-58(46)24-12-18-43(49(47)64)55(42,58)4/h9,11,13-14,17,26-29,33,39-41,43-46,48,50,52,60-63,66H,7-8,10,12,15-16,18-25,30-32,59H2,1-6H3. The molecule has 17 atom stereocenters. The van der Waals surface area contributed by atoms with Crippen molar-refractivity contribution in [1.29, 1.82) is 0 Å². The minimum absolute atomic E-state index is 0.0214. The van der Waals surface area contributed by atoms with Crippen LogP contribution in [-0.4, -0.2) is 69.9 Å². The molecule has 2 heterocycles. The molecule has 2 bridgehead atoms. The Hall–Kier alpha value is -3.34. The monoisotopic (exact) mass is 914 g/mol. The molecule has 362 valence electrons. The van der Waals surface area contributed by atoms with Crippen LogP contribution in [0.3, 0.4) is 0 Å². The normalized spacial score (nSPS) is 45.2. The molecule has 9 nitrogen and oxygen atoms in total. The number of aliphatic hydroxyl groups excluding tert-OH is 1. The van der Waals surface area contributed by atoms with Gasteiger partial charge in [0, 0.05) is 41.6 Å². The highest BCUT2D eigenvalue weighted by Gasteiger charge is 2.78. The molecule has 2 spiro atoms. The van der Waals surface area contributed by atoms with Gasteiger partial charge in [0.25, 0.3) is 0 Å². The molecule has 8 aliphatic carbocycles. The molecule has 17 unspecified atom stereocenters. The molecule has 0 amide bonds. The molecule has 9 heteroatoms. The summed E-state index contributed by atoms with van der Waals surface area (Å²) in [5.41, 5.74) is 9.77. The SMILES string of the molecule is CNCc1cc(O)cc(C2C(=O)C34CC=CC2C2(C)C3C(CC35CCCC6C(=O)C(C(C)CC(O)C7OC7(C)C7CCCC7c7cccc(N)c7)=C(CCC23)C65C)NCC(C)(O)CCCC4)c1. The van der Waals surface area contributed by atoms with Gasteiger partial charge in [0.15, 0.2) is 5.78 Å². The number of epoxide rings is 1. The fraction of sp³-hybridized carbons (Fsp3) is 0.690. The highest BCUT2D eigenvalue weighted by Crippen LogP contribution is 2.80. The Morgan fingerprint density at radius 1 is 0.955 bits per heavy atom. The van der Waals surface area contributed by atoms with Gasteiger partial charge in [-0.25, -0.2) is 0 Å². The van der Waals surface area contributed by atoms with Crippen molar-refractivity contribution >= 4 is 17.3 Å². The third kappa shape index (κ3) is 6.62. The van der Waals surface area contributed by atoms with Gasteiger partial charge in [-0.3, -0.25) is 9.59 Å². The van der Waals surface area contributed by atoms with E-state index >= 15 is 9.59 Å². The summed E-state index contributed by atoms with van der Waals surface area (Å²) in [5.74, 6) is 1.10. The third-order valence-electron chi connectivity index (χ3n) is 21.4. The van der Waals surface area contributed by atoms with Crippen molar-refractivity contribution in [1.82, 2.24) is 10.6 Å². The van der Waals surface area contributed by atoms with E-state index in [-0.39, 0.29) is 63.7 Å². The molecule has 7 fully saturated rings. The zero-order valence-electron chi connectivity index (χ0n) is 41.2. The summed E-state index contributed by atoms with van der Waals surface area (Å²) in [6, 6.07) is 14.1. The van der Waals surface area contributed by atoms with Gasteiger partial charge in [-0.15, -0.1) is 0 Å². The quantitative estimate of drug-likeness (QED) is 0.0820. The molecular weight excluding hydrogens is 835 g/mol. The number of hydrogen-bond acceptors (Lipinski definition) is 9. The molecule has 5 saturated carbocycles. The first-order chi connectivity index (χ1) is 31.9. The average Bonchev–Trinajstić information content (AvgIpc) is 3.72. The summed E-state index contributed by atoms with van der Waals surface area (Å²) in [5, 5.41) is 42.6. The van der Waals surface area contributed by atoms with Crippen molar-refractivity contribution in [2.24, 2.45) is 57.2 Å². The number of nitrogens with two attached hydrogens (primary N) is 1. The molecule has 2 aromatic rings. The maximum absolute atomic E-state index is 15.9. The largest absolute Gasteiger partial charge is 0.508 e. The molecule has 10 aliphatic rings. The summed E-state index contributed by atoms with van der Waals surface area (Å²) in [6.45, 7) is 12.5. The first kappa shape index (κ1) is 46.1.